The van der Waals surface area contributed by atoms with Crippen molar-refractivity contribution in [1.29, 1.82) is 0 Å². The molecule has 0 radical (unpaired) electrons. The first-order valence-corrected chi connectivity index (χ1v) is 8.18. The van der Waals surface area contributed by atoms with Crippen molar-refractivity contribution in [2.24, 2.45) is 0 Å². The molecule has 2 aromatic carbocycles. The fourth-order valence-corrected chi connectivity index (χ4v) is 2.88. The highest BCUT2D eigenvalue weighted by Gasteiger charge is 2.19. The van der Waals surface area contributed by atoms with Gasteiger partial charge in [0.1, 0.15) is 5.75 Å². The van der Waals surface area contributed by atoms with Crippen LogP contribution in [0.25, 0.3) is 0 Å². The minimum Gasteiger partial charge on any atom is -0.493 e. The maximum atomic E-state index is 6.37. The summed E-state index contributed by atoms with van der Waals surface area (Å²) in [5, 5.41) is 4.07. The molecule has 2 aromatic rings. The molecule has 1 N–H and O–H groups in total. The predicted molar refractivity (Wildman–Crippen MR) is 92.3 cm³/mol. The SMILES string of the molecule is CCCOc1ccccc1C(NC)c1cc(Br)ccc1Cl. The van der Waals surface area contributed by atoms with Crippen molar-refractivity contribution in [3.63, 3.8) is 0 Å². The van der Waals surface area contributed by atoms with Crippen molar-refractivity contribution in [3.8, 4) is 5.75 Å². The summed E-state index contributed by atoms with van der Waals surface area (Å²) < 4.78 is 6.87. The predicted octanol–water partition coefficient (Wildman–Crippen LogP) is 5.20. The molecule has 0 heterocycles. The summed E-state index contributed by atoms with van der Waals surface area (Å²) >= 11 is 9.88. The van der Waals surface area contributed by atoms with Gasteiger partial charge in [0.25, 0.3) is 0 Å². The van der Waals surface area contributed by atoms with E-state index in [1.165, 1.54) is 0 Å². The zero-order chi connectivity index (χ0) is 15.2. The lowest BCUT2D eigenvalue weighted by molar-refractivity contribution is 0.312. The van der Waals surface area contributed by atoms with E-state index in [0.29, 0.717) is 6.61 Å². The second-order valence-electron chi connectivity index (χ2n) is 4.77. The Hall–Kier alpha value is -1.03. The van der Waals surface area contributed by atoms with E-state index >= 15 is 0 Å². The largest absolute Gasteiger partial charge is 0.493 e. The number of rotatable bonds is 6. The second kappa shape index (κ2) is 7.83. The number of ether oxygens (including phenoxy) is 1. The average Bonchev–Trinajstić information content (AvgIpc) is 2.50. The van der Waals surface area contributed by atoms with Gasteiger partial charge in [-0.1, -0.05) is 52.7 Å². The molecule has 1 unspecified atom stereocenters. The lowest BCUT2D eigenvalue weighted by Gasteiger charge is -2.22. The van der Waals surface area contributed by atoms with Crippen LogP contribution in [0.15, 0.2) is 46.9 Å². The number of para-hydroxylation sites is 1. The maximum absolute atomic E-state index is 6.37. The number of benzene rings is 2. The summed E-state index contributed by atoms with van der Waals surface area (Å²) in [6, 6.07) is 14.0. The molecule has 4 heteroatoms. The minimum absolute atomic E-state index is 0.0111. The topological polar surface area (TPSA) is 21.3 Å². The van der Waals surface area contributed by atoms with Gasteiger partial charge in [0, 0.05) is 15.1 Å². The van der Waals surface area contributed by atoms with Crippen LogP contribution in [0.1, 0.15) is 30.5 Å². The molecule has 0 aliphatic rings. The van der Waals surface area contributed by atoms with Crippen molar-refractivity contribution in [3.05, 3.63) is 63.1 Å². The van der Waals surface area contributed by atoms with E-state index in [1.807, 2.05) is 43.4 Å². The van der Waals surface area contributed by atoms with Crippen LogP contribution in [0.2, 0.25) is 5.02 Å². The van der Waals surface area contributed by atoms with Crippen LogP contribution in [0.3, 0.4) is 0 Å². The zero-order valence-electron chi connectivity index (χ0n) is 12.2. The van der Waals surface area contributed by atoms with Gasteiger partial charge in [0.05, 0.1) is 12.6 Å². The van der Waals surface area contributed by atoms with Gasteiger partial charge in [-0.15, -0.1) is 0 Å². The van der Waals surface area contributed by atoms with E-state index in [1.54, 1.807) is 0 Å². The highest BCUT2D eigenvalue weighted by molar-refractivity contribution is 9.10. The first kappa shape index (κ1) is 16.3. The summed E-state index contributed by atoms with van der Waals surface area (Å²) in [6.07, 6.45) is 0.982. The van der Waals surface area contributed by atoms with Gasteiger partial charge < -0.3 is 10.1 Å². The number of nitrogens with one attached hydrogen (secondary N) is 1. The Morgan fingerprint density at radius 1 is 1.19 bits per heavy atom. The quantitative estimate of drug-likeness (QED) is 0.756. The molecular weight excluding hydrogens is 350 g/mol. The molecule has 0 bridgehead atoms. The molecule has 0 saturated heterocycles. The summed E-state index contributed by atoms with van der Waals surface area (Å²) in [6.45, 7) is 2.81. The van der Waals surface area contributed by atoms with Gasteiger partial charge in [-0.25, -0.2) is 0 Å². The van der Waals surface area contributed by atoms with E-state index in [9.17, 15) is 0 Å². The zero-order valence-corrected chi connectivity index (χ0v) is 14.5. The van der Waals surface area contributed by atoms with Crippen molar-refractivity contribution in [1.82, 2.24) is 5.32 Å². The summed E-state index contributed by atoms with van der Waals surface area (Å²) in [5.41, 5.74) is 2.12. The minimum atomic E-state index is -0.0111. The molecule has 0 amide bonds. The standard InChI is InChI=1S/C17H19BrClNO/c1-3-10-21-16-7-5-4-6-13(16)17(20-2)14-11-12(18)8-9-15(14)19/h4-9,11,17,20H,3,10H2,1-2H3. The molecule has 112 valence electrons. The molecule has 0 aliphatic heterocycles. The van der Waals surface area contributed by atoms with Crippen LogP contribution in [-0.4, -0.2) is 13.7 Å². The van der Waals surface area contributed by atoms with Crippen molar-refractivity contribution < 1.29 is 4.74 Å². The highest BCUT2D eigenvalue weighted by Crippen LogP contribution is 2.34. The van der Waals surface area contributed by atoms with Crippen LogP contribution in [0.4, 0.5) is 0 Å². The molecule has 0 aliphatic carbocycles. The van der Waals surface area contributed by atoms with Crippen LogP contribution in [0.5, 0.6) is 5.75 Å². The molecule has 21 heavy (non-hydrogen) atoms. The second-order valence-corrected chi connectivity index (χ2v) is 6.10. The van der Waals surface area contributed by atoms with Crippen LogP contribution in [0, 0.1) is 0 Å². The summed E-state index contributed by atoms with van der Waals surface area (Å²) in [5.74, 6) is 0.898. The first-order chi connectivity index (χ1) is 10.2. The van der Waals surface area contributed by atoms with E-state index in [2.05, 4.69) is 34.2 Å². The Labute approximate surface area is 139 Å². The Bertz CT molecular complexity index is 603. The summed E-state index contributed by atoms with van der Waals surface area (Å²) in [4.78, 5) is 0. The van der Waals surface area contributed by atoms with Crippen molar-refractivity contribution in [2.45, 2.75) is 19.4 Å². The Balaban J connectivity index is 2.44. The molecule has 2 rings (SSSR count). The van der Waals surface area contributed by atoms with Crippen LogP contribution in [-0.2, 0) is 0 Å². The highest BCUT2D eigenvalue weighted by atomic mass is 79.9. The molecule has 0 saturated carbocycles. The third-order valence-electron chi connectivity index (χ3n) is 3.25. The fourth-order valence-electron chi connectivity index (χ4n) is 2.28. The van der Waals surface area contributed by atoms with Gasteiger partial charge in [0.15, 0.2) is 0 Å². The van der Waals surface area contributed by atoms with Gasteiger partial charge in [-0.05, 0) is 43.3 Å². The number of hydrogen-bond acceptors (Lipinski definition) is 2. The molecule has 0 aromatic heterocycles. The van der Waals surface area contributed by atoms with Gasteiger partial charge in [-0.3, -0.25) is 0 Å². The molecular formula is C17H19BrClNO. The van der Waals surface area contributed by atoms with E-state index in [4.69, 9.17) is 16.3 Å². The monoisotopic (exact) mass is 367 g/mol. The Morgan fingerprint density at radius 3 is 2.67 bits per heavy atom. The Kier molecular flexibility index (Phi) is 6.09. The van der Waals surface area contributed by atoms with E-state index in [-0.39, 0.29) is 6.04 Å². The Morgan fingerprint density at radius 2 is 1.95 bits per heavy atom. The number of hydrogen-bond donors (Lipinski definition) is 1. The molecule has 1 atom stereocenters. The van der Waals surface area contributed by atoms with E-state index < -0.39 is 0 Å². The van der Waals surface area contributed by atoms with Gasteiger partial charge >= 0.3 is 0 Å². The smallest absolute Gasteiger partial charge is 0.124 e. The van der Waals surface area contributed by atoms with Crippen LogP contribution < -0.4 is 10.1 Å². The van der Waals surface area contributed by atoms with Gasteiger partial charge in [-0.2, -0.15) is 0 Å². The van der Waals surface area contributed by atoms with Crippen molar-refractivity contribution >= 4 is 27.5 Å². The summed E-state index contributed by atoms with van der Waals surface area (Å²) in [7, 11) is 1.93. The first-order valence-electron chi connectivity index (χ1n) is 7.01. The lowest BCUT2D eigenvalue weighted by atomic mass is 9.98. The maximum Gasteiger partial charge on any atom is 0.124 e. The van der Waals surface area contributed by atoms with Crippen molar-refractivity contribution in [2.75, 3.05) is 13.7 Å². The normalized spacial score (nSPS) is 12.2. The molecule has 0 fully saturated rings. The number of halogens is 2. The van der Waals surface area contributed by atoms with E-state index in [0.717, 1.165) is 32.8 Å². The van der Waals surface area contributed by atoms with Gasteiger partial charge in [0.2, 0.25) is 0 Å². The molecule has 0 spiro atoms. The third-order valence-corrected chi connectivity index (χ3v) is 4.09. The molecule has 2 nitrogen and oxygen atoms in total. The third kappa shape index (κ3) is 4.00. The fraction of sp³-hybridized carbons (Fsp3) is 0.294. The lowest BCUT2D eigenvalue weighted by Crippen LogP contribution is -2.19. The average molecular weight is 369 g/mol. The van der Waals surface area contributed by atoms with Crippen LogP contribution >= 0.6 is 27.5 Å².